The van der Waals surface area contributed by atoms with Gasteiger partial charge in [-0.25, -0.2) is 13.4 Å². The second-order valence-electron chi connectivity index (χ2n) is 3.86. The highest BCUT2D eigenvalue weighted by Crippen LogP contribution is 2.26. The van der Waals surface area contributed by atoms with E-state index in [2.05, 4.69) is 4.98 Å². The van der Waals surface area contributed by atoms with E-state index in [0.717, 1.165) is 0 Å². The smallest absolute Gasteiger partial charge is 0.235 e. The maximum absolute atomic E-state index is 11.7. The van der Waals surface area contributed by atoms with Crippen molar-refractivity contribution < 1.29 is 8.42 Å². The second-order valence-corrected chi connectivity index (χ2v) is 5.79. The van der Waals surface area contributed by atoms with E-state index in [4.69, 9.17) is 5.73 Å². The van der Waals surface area contributed by atoms with E-state index in [1.54, 1.807) is 12.1 Å². The van der Waals surface area contributed by atoms with Gasteiger partial charge in [-0.1, -0.05) is 6.92 Å². The summed E-state index contributed by atoms with van der Waals surface area (Å²) in [6, 6.07) is 3.28. The number of hydrogen-bond acceptors (Lipinski definition) is 4. The first-order chi connectivity index (χ1) is 6.99. The molecule has 2 heterocycles. The summed E-state index contributed by atoms with van der Waals surface area (Å²) in [4.78, 5) is 3.89. The van der Waals surface area contributed by atoms with E-state index in [-0.39, 0.29) is 11.7 Å². The normalized spacial score (nSPS) is 24.3. The minimum absolute atomic E-state index is 0.160. The average molecular weight is 227 g/mol. The summed E-state index contributed by atoms with van der Waals surface area (Å²) < 4.78 is 24.8. The predicted octanol–water partition coefficient (Wildman–Crippen LogP) is 0.450. The summed E-state index contributed by atoms with van der Waals surface area (Å²) in [6.07, 6.45) is 1.49. The standard InChI is InChI=1S/C9H13N3O2S/c1-7-5-12(15(13,14)6-7)8-2-3-9(10)11-4-8/h2-4,7H,5-6H2,1H3,(H2,10,11). The third-order valence-electron chi connectivity index (χ3n) is 2.37. The van der Waals surface area contributed by atoms with Crippen molar-refractivity contribution in [1.29, 1.82) is 0 Å². The summed E-state index contributed by atoms with van der Waals surface area (Å²) in [5.41, 5.74) is 6.03. The van der Waals surface area contributed by atoms with Gasteiger partial charge in [0.2, 0.25) is 10.0 Å². The van der Waals surface area contributed by atoms with Crippen LogP contribution in [0.25, 0.3) is 0 Å². The number of rotatable bonds is 1. The van der Waals surface area contributed by atoms with Gasteiger partial charge < -0.3 is 5.73 Å². The Bertz CT molecular complexity index is 455. The van der Waals surface area contributed by atoms with E-state index in [1.807, 2.05) is 6.92 Å². The Balaban J connectivity index is 2.36. The third-order valence-corrected chi connectivity index (χ3v) is 4.39. The maximum Gasteiger partial charge on any atom is 0.235 e. The zero-order valence-corrected chi connectivity index (χ0v) is 9.24. The summed E-state index contributed by atoms with van der Waals surface area (Å²) in [7, 11) is -3.15. The number of nitrogens with zero attached hydrogens (tertiary/aromatic N) is 2. The van der Waals surface area contributed by atoms with Crippen molar-refractivity contribution in [3.8, 4) is 0 Å². The molecule has 15 heavy (non-hydrogen) atoms. The molecule has 2 N–H and O–H groups in total. The molecule has 1 aromatic rings. The number of nitrogens with two attached hydrogens (primary N) is 1. The molecule has 0 spiro atoms. The lowest BCUT2D eigenvalue weighted by molar-refractivity contribution is 0.598. The van der Waals surface area contributed by atoms with E-state index in [9.17, 15) is 8.42 Å². The highest BCUT2D eigenvalue weighted by molar-refractivity contribution is 7.93. The molecule has 1 aliphatic rings. The van der Waals surface area contributed by atoms with Crippen LogP contribution in [0.1, 0.15) is 6.92 Å². The second kappa shape index (κ2) is 3.37. The Hall–Kier alpha value is -1.30. The van der Waals surface area contributed by atoms with Crippen LogP contribution in [0.5, 0.6) is 0 Å². The van der Waals surface area contributed by atoms with Crippen LogP contribution in [0, 0.1) is 5.92 Å². The van der Waals surface area contributed by atoms with Crippen LogP contribution >= 0.6 is 0 Å². The van der Waals surface area contributed by atoms with Gasteiger partial charge in [0.05, 0.1) is 17.6 Å². The van der Waals surface area contributed by atoms with Crippen molar-refractivity contribution in [3.63, 3.8) is 0 Å². The Kier molecular flexibility index (Phi) is 2.30. The van der Waals surface area contributed by atoms with Crippen molar-refractivity contribution >= 4 is 21.5 Å². The molecule has 0 bridgehead atoms. The van der Waals surface area contributed by atoms with Crippen LogP contribution in [-0.2, 0) is 10.0 Å². The van der Waals surface area contributed by atoms with Gasteiger partial charge in [-0.2, -0.15) is 0 Å². The molecule has 5 nitrogen and oxygen atoms in total. The van der Waals surface area contributed by atoms with Gasteiger partial charge in [0.1, 0.15) is 5.82 Å². The van der Waals surface area contributed by atoms with E-state index >= 15 is 0 Å². The Morgan fingerprint density at radius 1 is 1.53 bits per heavy atom. The molecule has 1 atom stereocenters. The molecular weight excluding hydrogens is 214 g/mol. The predicted molar refractivity (Wildman–Crippen MR) is 58.9 cm³/mol. The van der Waals surface area contributed by atoms with Crippen LogP contribution in [0.4, 0.5) is 11.5 Å². The number of aromatic nitrogens is 1. The molecule has 6 heteroatoms. The number of hydrogen-bond donors (Lipinski definition) is 1. The largest absolute Gasteiger partial charge is 0.384 e. The molecule has 0 saturated carbocycles. The van der Waals surface area contributed by atoms with Gasteiger partial charge in [0.25, 0.3) is 0 Å². The van der Waals surface area contributed by atoms with E-state index in [1.165, 1.54) is 10.5 Å². The highest BCUT2D eigenvalue weighted by atomic mass is 32.2. The zero-order chi connectivity index (χ0) is 11.1. The van der Waals surface area contributed by atoms with E-state index in [0.29, 0.717) is 18.1 Å². The molecule has 0 radical (unpaired) electrons. The van der Waals surface area contributed by atoms with Crippen molar-refractivity contribution in [2.45, 2.75) is 6.92 Å². The summed E-state index contributed by atoms with van der Waals surface area (Å²) in [6.45, 7) is 2.44. The van der Waals surface area contributed by atoms with Crippen molar-refractivity contribution in [3.05, 3.63) is 18.3 Å². The summed E-state index contributed by atoms with van der Waals surface area (Å²) in [5, 5.41) is 0. The Morgan fingerprint density at radius 3 is 2.73 bits per heavy atom. The molecule has 82 valence electrons. The van der Waals surface area contributed by atoms with Crippen LogP contribution in [0.2, 0.25) is 0 Å². The van der Waals surface area contributed by atoms with Crippen molar-refractivity contribution in [2.75, 3.05) is 22.3 Å². The quantitative estimate of drug-likeness (QED) is 0.755. The zero-order valence-electron chi connectivity index (χ0n) is 8.42. The SMILES string of the molecule is CC1CN(c2ccc(N)nc2)S(=O)(=O)C1. The third kappa shape index (κ3) is 1.90. The molecule has 1 fully saturated rings. The maximum atomic E-state index is 11.7. The van der Waals surface area contributed by atoms with Gasteiger partial charge >= 0.3 is 0 Å². The first kappa shape index (κ1) is 10.2. The number of pyridine rings is 1. The van der Waals surface area contributed by atoms with Gasteiger partial charge in [-0.3, -0.25) is 4.31 Å². The molecule has 0 aliphatic carbocycles. The fourth-order valence-corrected chi connectivity index (χ4v) is 3.63. The molecule has 1 unspecified atom stereocenters. The van der Waals surface area contributed by atoms with Gasteiger partial charge in [-0.05, 0) is 18.1 Å². The average Bonchev–Trinajstić information content (AvgIpc) is 2.41. The monoisotopic (exact) mass is 227 g/mol. The van der Waals surface area contributed by atoms with Crippen LogP contribution in [-0.4, -0.2) is 25.7 Å². The highest BCUT2D eigenvalue weighted by Gasteiger charge is 2.33. The lowest BCUT2D eigenvalue weighted by atomic mass is 10.2. The van der Waals surface area contributed by atoms with E-state index < -0.39 is 10.0 Å². The first-order valence-electron chi connectivity index (χ1n) is 4.71. The van der Waals surface area contributed by atoms with Crippen molar-refractivity contribution in [2.24, 2.45) is 5.92 Å². The van der Waals surface area contributed by atoms with Crippen LogP contribution in [0.15, 0.2) is 18.3 Å². The van der Waals surface area contributed by atoms with Gasteiger partial charge in [-0.15, -0.1) is 0 Å². The topological polar surface area (TPSA) is 76.3 Å². The van der Waals surface area contributed by atoms with Crippen molar-refractivity contribution in [1.82, 2.24) is 4.98 Å². The fraction of sp³-hybridized carbons (Fsp3) is 0.444. The molecule has 1 aliphatic heterocycles. The van der Waals surface area contributed by atoms with Gasteiger partial charge in [0, 0.05) is 6.54 Å². The molecule has 2 rings (SSSR count). The molecule has 1 saturated heterocycles. The molecule has 1 aromatic heterocycles. The van der Waals surface area contributed by atoms with Gasteiger partial charge in [0.15, 0.2) is 0 Å². The number of anilines is 2. The lowest BCUT2D eigenvalue weighted by Gasteiger charge is -2.16. The van der Waals surface area contributed by atoms with Crippen LogP contribution in [0.3, 0.4) is 0 Å². The minimum atomic E-state index is -3.15. The Morgan fingerprint density at radius 2 is 2.27 bits per heavy atom. The molecule has 0 aromatic carbocycles. The number of nitrogen functional groups attached to an aromatic ring is 1. The van der Waals surface area contributed by atoms with Crippen LogP contribution < -0.4 is 10.0 Å². The minimum Gasteiger partial charge on any atom is -0.384 e. The molecule has 0 amide bonds. The Labute approximate surface area is 89.0 Å². The number of sulfonamides is 1. The summed E-state index contributed by atoms with van der Waals surface area (Å²) >= 11 is 0. The molecular formula is C9H13N3O2S. The lowest BCUT2D eigenvalue weighted by Crippen LogP contribution is -2.25. The first-order valence-corrected chi connectivity index (χ1v) is 6.32. The summed E-state index contributed by atoms with van der Waals surface area (Å²) in [5.74, 6) is 0.758. The fourth-order valence-electron chi connectivity index (χ4n) is 1.71.